The Kier molecular flexibility index (Phi) is 6.32. The number of carbonyl (C=O) groups excluding carboxylic acids is 1. The van der Waals surface area contributed by atoms with E-state index in [0.717, 1.165) is 44.9 Å². The molecule has 5 nitrogen and oxygen atoms in total. The van der Waals surface area contributed by atoms with E-state index in [-0.39, 0.29) is 18.7 Å². The zero-order chi connectivity index (χ0) is 17.6. The van der Waals surface area contributed by atoms with Gasteiger partial charge in [0.25, 0.3) is 0 Å². The predicted octanol–water partition coefficient (Wildman–Crippen LogP) is 2.58. The molecule has 2 amide bonds. The number of likely N-dealkylation sites (tertiary alicyclic amines) is 2. The van der Waals surface area contributed by atoms with Gasteiger partial charge in [-0.05, 0) is 49.3 Å². The Balaban J connectivity index is 1.58. The lowest BCUT2D eigenvalue weighted by molar-refractivity contribution is 0.156. The van der Waals surface area contributed by atoms with E-state index in [9.17, 15) is 9.90 Å². The van der Waals surface area contributed by atoms with Gasteiger partial charge in [0.05, 0.1) is 12.6 Å². The summed E-state index contributed by atoms with van der Waals surface area (Å²) in [7, 11) is 0. The molecule has 0 saturated carbocycles. The van der Waals surface area contributed by atoms with Crippen molar-refractivity contribution in [2.75, 3.05) is 26.2 Å². The normalized spacial score (nSPS) is 24.5. The molecule has 0 aromatic heterocycles. The molecule has 2 fully saturated rings. The van der Waals surface area contributed by atoms with E-state index < -0.39 is 0 Å². The third kappa shape index (κ3) is 4.73. The van der Waals surface area contributed by atoms with Crippen molar-refractivity contribution in [2.45, 2.75) is 51.7 Å². The number of piperidine rings is 1. The van der Waals surface area contributed by atoms with Crippen LogP contribution < -0.4 is 5.32 Å². The van der Waals surface area contributed by atoms with Crippen LogP contribution in [0, 0.1) is 5.92 Å². The average molecular weight is 345 g/mol. The zero-order valence-electron chi connectivity index (χ0n) is 15.3. The lowest BCUT2D eigenvalue weighted by Gasteiger charge is -2.31. The average Bonchev–Trinajstić information content (AvgIpc) is 3.09. The fraction of sp³-hybridized carbons (Fsp3) is 0.650. The largest absolute Gasteiger partial charge is 0.394 e. The van der Waals surface area contributed by atoms with Crippen molar-refractivity contribution in [3.8, 4) is 0 Å². The van der Waals surface area contributed by atoms with Crippen molar-refractivity contribution >= 4 is 6.03 Å². The van der Waals surface area contributed by atoms with E-state index in [0.29, 0.717) is 6.54 Å². The summed E-state index contributed by atoms with van der Waals surface area (Å²) in [6.07, 6.45) is 4.48. The van der Waals surface area contributed by atoms with Crippen molar-refractivity contribution in [1.82, 2.24) is 15.1 Å². The van der Waals surface area contributed by atoms with Crippen LogP contribution in [0.15, 0.2) is 24.3 Å². The van der Waals surface area contributed by atoms with Gasteiger partial charge in [0, 0.05) is 26.2 Å². The molecular formula is C20H31N3O2. The summed E-state index contributed by atoms with van der Waals surface area (Å²) >= 11 is 0. The summed E-state index contributed by atoms with van der Waals surface area (Å²) in [6, 6.07) is 8.32. The molecular weight excluding hydrogens is 314 g/mol. The van der Waals surface area contributed by atoms with E-state index in [4.69, 9.17) is 0 Å². The van der Waals surface area contributed by atoms with Crippen LogP contribution in [0.2, 0.25) is 0 Å². The number of rotatable bonds is 5. The number of aliphatic hydroxyl groups excluding tert-OH is 1. The van der Waals surface area contributed by atoms with Crippen LogP contribution in [0.5, 0.6) is 0 Å². The molecule has 2 unspecified atom stereocenters. The first-order valence-electron chi connectivity index (χ1n) is 9.62. The number of hydrogen-bond acceptors (Lipinski definition) is 3. The molecule has 1 aromatic rings. The fourth-order valence-corrected chi connectivity index (χ4v) is 4.12. The van der Waals surface area contributed by atoms with Gasteiger partial charge in [0.1, 0.15) is 0 Å². The van der Waals surface area contributed by atoms with Crippen molar-refractivity contribution in [1.29, 1.82) is 0 Å². The summed E-state index contributed by atoms with van der Waals surface area (Å²) in [5.41, 5.74) is 2.49. The number of amides is 2. The van der Waals surface area contributed by atoms with Crippen molar-refractivity contribution in [3.05, 3.63) is 35.4 Å². The molecule has 2 aliphatic rings. The van der Waals surface area contributed by atoms with Crippen LogP contribution in [0.1, 0.15) is 43.7 Å². The molecule has 2 N–H and O–H groups in total. The van der Waals surface area contributed by atoms with Crippen LogP contribution >= 0.6 is 0 Å². The number of hydrogen-bond donors (Lipinski definition) is 2. The zero-order valence-corrected chi connectivity index (χ0v) is 15.3. The maximum Gasteiger partial charge on any atom is 0.317 e. The first-order valence-corrected chi connectivity index (χ1v) is 9.62. The molecule has 3 rings (SSSR count). The summed E-state index contributed by atoms with van der Waals surface area (Å²) in [4.78, 5) is 16.7. The molecule has 0 spiro atoms. The lowest BCUT2D eigenvalue weighted by Crippen LogP contribution is -2.44. The Labute approximate surface area is 151 Å². The number of aliphatic hydroxyl groups is 1. The molecule has 2 atom stereocenters. The Hall–Kier alpha value is -1.59. The predicted molar refractivity (Wildman–Crippen MR) is 99.2 cm³/mol. The SMILES string of the molecule is CC1CCCN(Cc2ccccc2CNC(=O)N2CCCC2CO)C1. The highest BCUT2D eigenvalue weighted by molar-refractivity contribution is 5.74. The van der Waals surface area contributed by atoms with Gasteiger partial charge in [-0.15, -0.1) is 0 Å². The van der Waals surface area contributed by atoms with Gasteiger partial charge in [0.2, 0.25) is 0 Å². The number of nitrogens with one attached hydrogen (secondary N) is 1. The Morgan fingerprint density at radius 3 is 2.72 bits per heavy atom. The van der Waals surface area contributed by atoms with Gasteiger partial charge in [-0.25, -0.2) is 4.79 Å². The smallest absolute Gasteiger partial charge is 0.317 e. The van der Waals surface area contributed by atoms with Crippen LogP contribution in [-0.2, 0) is 13.1 Å². The van der Waals surface area contributed by atoms with Gasteiger partial charge in [0.15, 0.2) is 0 Å². The third-order valence-corrected chi connectivity index (χ3v) is 5.53. The lowest BCUT2D eigenvalue weighted by atomic mass is 9.99. The summed E-state index contributed by atoms with van der Waals surface area (Å²) < 4.78 is 0. The second-order valence-corrected chi connectivity index (χ2v) is 7.58. The van der Waals surface area contributed by atoms with Gasteiger partial charge in [-0.1, -0.05) is 31.2 Å². The van der Waals surface area contributed by atoms with Crippen LogP contribution in [0.3, 0.4) is 0 Å². The van der Waals surface area contributed by atoms with Gasteiger partial charge >= 0.3 is 6.03 Å². The highest BCUT2D eigenvalue weighted by Gasteiger charge is 2.27. The van der Waals surface area contributed by atoms with Crippen LogP contribution in [0.25, 0.3) is 0 Å². The van der Waals surface area contributed by atoms with Gasteiger partial charge in [-0.3, -0.25) is 4.90 Å². The van der Waals surface area contributed by atoms with E-state index in [1.54, 1.807) is 4.90 Å². The topological polar surface area (TPSA) is 55.8 Å². The molecule has 5 heteroatoms. The summed E-state index contributed by atoms with van der Waals surface area (Å²) in [5.74, 6) is 0.770. The van der Waals surface area contributed by atoms with E-state index >= 15 is 0 Å². The molecule has 25 heavy (non-hydrogen) atoms. The summed E-state index contributed by atoms with van der Waals surface area (Å²) in [5, 5.41) is 12.4. The van der Waals surface area contributed by atoms with E-state index in [1.165, 1.54) is 24.0 Å². The van der Waals surface area contributed by atoms with E-state index in [2.05, 4.69) is 35.3 Å². The van der Waals surface area contributed by atoms with Crippen LogP contribution in [-0.4, -0.2) is 53.2 Å². The van der Waals surface area contributed by atoms with Gasteiger partial charge < -0.3 is 15.3 Å². The Morgan fingerprint density at radius 1 is 1.20 bits per heavy atom. The molecule has 0 bridgehead atoms. The minimum atomic E-state index is -0.0575. The second kappa shape index (κ2) is 8.68. The molecule has 138 valence electrons. The molecule has 0 radical (unpaired) electrons. The highest BCUT2D eigenvalue weighted by Crippen LogP contribution is 2.20. The second-order valence-electron chi connectivity index (χ2n) is 7.58. The monoisotopic (exact) mass is 345 g/mol. The molecule has 1 aromatic carbocycles. The van der Waals surface area contributed by atoms with E-state index in [1.807, 2.05) is 6.07 Å². The minimum absolute atomic E-state index is 0.0231. The first-order chi connectivity index (χ1) is 12.2. The Morgan fingerprint density at radius 2 is 1.96 bits per heavy atom. The maximum atomic E-state index is 12.4. The van der Waals surface area contributed by atoms with Gasteiger partial charge in [-0.2, -0.15) is 0 Å². The quantitative estimate of drug-likeness (QED) is 0.862. The summed E-state index contributed by atoms with van der Waals surface area (Å²) in [6.45, 7) is 6.95. The number of carbonyl (C=O) groups is 1. The Bertz CT molecular complexity index is 578. The fourth-order valence-electron chi connectivity index (χ4n) is 4.12. The number of benzene rings is 1. The molecule has 2 heterocycles. The molecule has 2 saturated heterocycles. The van der Waals surface area contributed by atoms with Crippen LogP contribution in [0.4, 0.5) is 4.79 Å². The number of nitrogens with zero attached hydrogens (tertiary/aromatic N) is 2. The van der Waals surface area contributed by atoms with Crippen molar-refractivity contribution in [2.24, 2.45) is 5.92 Å². The number of urea groups is 1. The standard InChI is InChI=1S/C20H31N3O2/c1-16-6-4-10-22(13-16)14-18-8-3-2-7-17(18)12-21-20(25)23-11-5-9-19(23)15-24/h2-3,7-8,16,19,24H,4-6,9-15H2,1H3,(H,21,25). The van der Waals surface area contributed by atoms with Crippen molar-refractivity contribution in [3.63, 3.8) is 0 Å². The minimum Gasteiger partial charge on any atom is -0.394 e. The van der Waals surface area contributed by atoms with Crippen molar-refractivity contribution < 1.29 is 9.90 Å². The molecule has 0 aliphatic carbocycles. The maximum absolute atomic E-state index is 12.4. The highest BCUT2D eigenvalue weighted by atomic mass is 16.3. The first kappa shape index (κ1) is 18.2. The molecule has 2 aliphatic heterocycles. The third-order valence-electron chi connectivity index (χ3n) is 5.53.